The van der Waals surface area contributed by atoms with Crippen molar-refractivity contribution >= 4 is 11.4 Å². The summed E-state index contributed by atoms with van der Waals surface area (Å²) in [6.45, 7) is 18.6. The molecule has 0 unspecified atom stereocenters. The van der Waals surface area contributed by atoms with Gasteiger partial charge in [0.1, 0.15) is 0 Å². The van der Waals surface area contributed by atoms with Crippen molar-refractivity contribution in [1.82, 2.24) is 0 Å². The van der Waals surface area contributed by atoms with Crippen LogP contribution < -0.4 is 0 Å². The molecule has 0 atom stereocenters. The van der Waals surface area contributed by atoms with Crippen molar-refractivity contribution in [2.45, 2.75) is 242 Å². The summed E-state index contributed by atoms with van der Waals surface area (Å²) in [5, 5.41) is 0. The number of nitrogens with zero attached hydrogens (tertiary/aromatic N) is 2. The molecule has 0 radical (unpaired) electrons. The first-order chi connectivity index (χ1) is 27.9. The third-order valence-electron chi connectivity index (χ3n) is 12.5. The molecule has 0 fully saturated rings. The number of hydrogen-bond donors (Lipinski definition) is 0. The molecule has 3 rings (SSSR count). The van der Waals surface area contributed by atoms with Gasteiger partial charge in [0.15, 0.2) is 0 Å². The van der Waals surface area contributed by atoms with Gasteiger partial charge in [0.2, 0.25) is 11.4 Å². The van der Waals surface area contributed by atoms with E-state index in [0.717, 1.165) is 56.3 Å². The molecule has 0 saturated carbocycles. The SMILES string of the molecule is CCCCCCCCC=CC1=C(c2cc(CCCC)c(CCCC)c(CCCC)c2)[N+](=[N-])C(c2cc(CCCC)c(CCCC)c(CCCC)c2)=C1CCCCC.[CH3-].[CH3-].[Ni+2]. The van der Waals surface area contributed by atoms with E-state index in [1.54, 1.807) is 15.8 Å². The van der Waals surface area contributed by atoms with Crippen molar-refractivity contribution in [3.8, 4) is 0 Å². The fourth-order valence-electron chi connectivity index (χ4n) is 9.01. The smallest absolute Gasteiger partial charge is 0.493 e. The van der Waals surface area contributed by atoms with Crippen LogP contribution in [0.2, 0.25) is 0 Å². The predicted octanol–water partition coefficient (Wildman–Crippen LogP) is 18.7. The van der Waals surface area contributed by atoms with Crippen LogP contribution in [0.4, 0.5) is 0 Å². The average molecular weight is 866 g/mol. The zero-order chi connectivity index (χ0) is 41.3. The van der Waals surface area contributed by atoms with E-state index < -0.39 is 0 Å². The Morgan fingerprint density at radius 1 is 0.417 bits per heavy atom. The molecule has 1 heterocycles. The Morgan fingerprint density at radius 3 is 1.18 bits per heavy atom. The Balaban J connectivity index is 0.0000116. The maximum absolute atomic E-state index is 12.9. The summed E-state index contributed by atoms with van der Waals surface area (Å²) in [4.78, 5) is 0. The zero-order valence-electron chi connectivity index (χ0n) is 41.2. The second-order valence-electron chi connectivity index (χ2n) is 17.5. The number of benzene rings is 2. The second kappa shape index (κ2) is 34.3. The molecule has 0 amide bonds. The van der Waals surface area contributed by atoms with Crippen molar-refractivity contribution in [3.63, 3.8) is 0 Å². The van der Waals surface area contributed by atoms with Crippen LogP contribution in [0.15, 0.2) is 47.6 Å². The summed E-state index contributed by atoms with van der Waals surface area (Å²) in [5.74, 6) is 0. The van der Waals surface area contributed by atoms with Gasteiger partial charge in [-0.1, -0.05) is 151 Å². The van der Waals surface area contributed by atoms with E-state index in [0.29, 0.717) is 0 Å². The molecule has 0 aromatic heterocycles. The summed E-state index contributed by atoms with van der Waals surface area (Å²) in [6.07, 6.45) is 39.8. The van der Waals surface area contributed by atoms with Gasteiger partial charge < -0.3 is 20.4 Å². The summed E-state index contributed by atoms with van der Waals surface area (Å²) in [5.41, 5.74) is 29.4. The van der Waals surface area contributed by atoms with Crippen LogP contribution in [0.25, 0.3) is 16.9 Å². The minimum absolute atomic E-state index is 0. The van der Waals surface area contributed by atoms with Crippen molar-refractivity contribution in [2.75, 3.05) is 0 Å². The van der Waals surface area contributed by atoms with Gasteiger partial charge >= 0.3 is 16.5 Å². The van der Waals surface area contributed by atoms with Gasteiger partial charge in [0.05, 0.1) is 5.57 Å². The van der Waals surface area contributed by atoms with E-state index in [4.69, 9.17) is 0 Å². The summed E-state index contributed by atoms with van der Waals surface area (Å²) < 4.78 is 1.69. The van der Waals surface area contributed by atoms with E-state index in [9.17, 15) is 5.53 Å². The monoisotopic (exact) mass is 865 g/mol. The van der Waals surface area contributed by atoms with Gasteiger partial charge in [-0.25, -0.2) is 4.70 Å². The Bertz CT molecular complexity index is 1510. The maximum atomic E-state index is 12.9. The molecule has 2 aromatic rings. The van der Waals surface area contributed by atoms with Gasteiger partial charge in [-0.3, -0.25) is 0 Å². The average Bonchev–Trinajstić information content (AvgIpc) is 3.49. The Morgan fingerprint density at radius 2 is 0.767 bits per heavy atom. The first kappa shape index (κ1) is 57.8. The van der Waals surface area contributed by atoms with Crippen molar-refractivity contribution in [3.05, 3.63) is 112 Å². The van der Waals surface area contributed by atoms with E-state index in [1.165, 1.54) is 186 Å². The Labute approximate surface area is 384 Å². The standard InChI is InChI=1S/C55H88N2.2CH3.Ni/c1-9-17-25-26-27-28-29-31-39-53-52(38-30-18-10-2)54(48-40-44(32-19-11-3)50(36-23-15-7)45(41-48)33-20-12-4)57(56)55(53)49-42-46(34-21-13-5)51(37-24-16-8)47(43-49)35-22-14-6;;;/h31,39-43H,9-30,32-38H2,1-8H3;2*1H3;/q;2*-1;+2. The number of unbranched alkanes of at least 4 members (excludes halogenated alkanes) is 14. The van der Waals surface area contributed by atoms with Crippen LogP contribution in [0.3, 0.4) is 0 Å². The normalized spacial score (nSPS) is 12.7. The molecule has 0 N–H and O–H groups in total. The first-order valence-corrected chi connectivity index (χ1v) is 24.9. The molecule has 0 bridgehead atoms. The molecule has 342 valence electrons. The molecule has 0 aliphatic carbocycles. The Hall–Kier alpha value is -2.25. The maximum Gasteiger partial charge on any atom is 2.00 e. The molecule has 3 heteroatoms. The molecule has 2 aromatic carbocycles. The molecule has 2 nitrogen and oxygen atoms in total. The minimum atomic E-state index is 0. The minimum Gasteiger partial charge on any atom is -0.493 e. The molecular formula is C57H94N2Ni. The quantitative estimate of drug-likeness (QED) is 0.0303. The van der Waals surface area contributed by atoms with Crippen LogP contribution in [0, 0.1) is 14.9 Å². The zero-order valence-corrected chi connectivity index (χ0v) is 42.2. The van der Waals surface area contributed by atoms with Gasteiger partial charge in [-0.2, -0.15) is 0 Å². The van der Waals surface area contributed by atoms with Gasteiger partial charge in [0.25, 0.3) is 0 Å². The summed E-state index contributed by atoms with van der Waals surface area (Å²) in [6, 6.07) is 10.1. The van der Waals surface area contributed by atoms with Gasteiger partial charge in [0, 0.05) is 16.7 Å². The fraction of sp³-hybridized carbons (Fsp3) is 0.649. The Kier molecular flexibility index (Phi) is 33.0. The number of aryl methyl sites for hydroxylation is 4. The van der Waals surface area contributed by atoms with Gasteiger partial charge in [-0.15, -0.1) is 0 Å². The molecule has 1 aliphatic rings. The third-order valence-corrected chi connectivity index (χ3v) is 12.5. The first-order valence-electron chi connectivity index (χ1n) is 24.9. The molecule has 1 aliphatic heterocycles. The third kappa shape index (κ3) is 17.9. The van der Waals surface area contributed by atoms with Crippen LogP contribution in [-0.2, 0) is 55.0 Å². The van der Waals surface area contributed by atoms with Crippen LogP contribution in [0.1, 0.15) is 248 Å². The van der Waals surface area contributed by atoms with Crippen molar-refractivity contribution in [2.24, 2.45) is 0 Å². The van der Waals surface area contributed by atoms with E-state index >= 15 is 0 Å². The molecule has 0 spiro atoms. The topological polar surface area (TPSA) is 25.3 Å². The molecule has 60 heavy (non-hydrogen) atoms. The molecule has 0 saturated heterocycles. The van der Waals surface area contributed by atoms with Gasteiger partial charge in [-0.05, 0) is 160 Å². The van der Waals surface area contributed by atoms with E-state index in [1.807, 2.05) is 0 Å². The van der Waals surface area contributed by atoms with Crippen LogP contribution in [0.5, 0.6) is 0 Å². The van der Waals surface area contributed by atoms with Crippen molar-refractivity contribution < 1.29 is 21.2 Å². The molecular weight excluding hydrogens is 771 g/mol. The number of hydrogen-bond acceptors (Lipinski definition) is 0. The van der Waals surface area contributed by atoms with Crippen molar-refractivity contribution in [1.29, 1.82) is 0 Å². The predicted molar refractivity (Wildman–Crippen MR) is 266 cm³/mol. The van der Waals surface area contributed by atoms with Crippen LogP contribution in [-0.4, -0.2) is 4.70 Å². The second-order valence-corrected chi connectivity index (χ2v) is 17.5. The summed E-state index contributed by atoms with van der Waals surface area (Å²) >= 11 is 0. The van der Waals surface area contributed by atoms with Crippen LogP contribution >= 0.6 is 0 Å². The number of rotatable bonds is 32. The fourth-order valence-corrected chi connectivity index (χ4v) is 9.01. The number of allylic oxidation sites excluding steroid dienone is 4. The van der Waals surface area contributed by atoms with E-state index in [2.05, 4.69) is 91.8 Å². The summed E-state index contributed by atoms with van der Waals surface area (Å²) in [7, 11) is 0. The van der Waals surface area contributed by atoms with E-state index in [-0.39, 0.29) is 31.3 Å². The largest absolute Gasteiger partial charge is 2.00 e.